The summed E-state index contributed by atoms with van der Waals surface area (Å²) in [7, 11) is 0. The maximum absolute atomic E-state index is 12.9. The van der Waals surface area contributed by atoms with Crippen LogP contribution in [0.3, 0.4) is 0 Å². The lowest BCUT2D eigenvalue weighted by Crippen LogP contribution is -2.41. The van der Waals surface area contributed by atoms with E-state index in [1.54, 1.807) is 0 Å². The van der Waals surface area contributed by atoms with Gasteiger partial charge in [0.05, 0.1) is 6.54 Å². The molecule has 1 aliphatic carbocycles. The monoisotopic (exact) mass is 358 g/mol. The fourth-order valence-corrected chi connectivity index (χ4v) is 3.80. The lowest BCUT2D eigenvalue weighted by molar-refractivity contribution is -0.126. The molecule has 1 aromatic rings. The number of hydrogen-bond acceptors (Lipinski definition) is 3. The van der Waals surface area contributed by atoms with E-state index in [1.165, 1.54) is 0 Å². The van der Waals surface area contributed by atoms with E-state index < -0.39 is 12.7 Å². The normalized spacial score (nSPS) is 21.3. The van der Waals surface area contributed by atoms with Crippen molar-refractivity contribution < 1.29 is 18.0 Å². The van der Waals surface area contributed by atoms with Gasteiger partial charge >= 0.3 is 6.18 Å². The minimum atomic E-state index is -4.22. The molecule has 5 nitrogen and oxygen atoms in total. The lowest BCUT2D eigenvalue weighted by Gasteiger charge is -2.28. The van der Waals surface area contributed by atoms with Gasteiger partial charge in [0.25, 0.3) is 5.91 Å². The summed E-state index contributed by atoms with van der Waals surface area (Å²) in [5.74, 6) is -0.0698. The van der Waals surface area contributed by atoms with E-state index in [0.29, 0.717) is 31.5 Å². The van der Waals surface area contributed by atoms with Crippen LogP contribution >= 0.6 is 0 Å². The Morgan fingerprint density at radius 1 is 1.28 bits per heavy atom. The third-order valence-corrected chi connectivity index (χ3v) is 5.08. The summed E-state index contributed by atoms with van der Waals surface area (Å²) >= 11 is 0. The Bertz CT molecular complexity index is 620. The summed E-state index contributed by atoms with van der Waals surface area (Å²) in [5.41, 5.74) is 2.29. The molecule has 1 atom stereocenters. The van der Waals surface area contributed by atoms with Crippen LogP contribution < -0.4 is 5.32 Å². The number of hydrogen-bond donors (Lipinski definition) is 1. The van der Waals surface area contributed by atoms with Crippen molar-refractivity contribution in [1.82, 2.24) is 20.0 Å². The van der Waals surface area contributed by atoms with Crippen molar-refractivity contribution in [2.45, 2.75) is 64.2 Å². The Labute approximate surface area is 145 Å². The van der Waals surface area contributed by atoms with Crippen molar-refractivity contribution in [2.75, 3.05) is 19.6 Å². The smallest absolute Gasteiger partial charge is 0.337 e. The number of piperidine rings is 1. The van der Waals surface area contributed by atoms with Gasteiger partial charge < -0.3 is 10.2 Å². The molecule has 1 amide bonds. The standard InChI is InChI=1S/C17H25F3N4O/c1-2-24-14-7-6-12(21-11-17(18,19)20)10-13(14)15(22-24)16(25)23-8-4-3-5-9-23/h12,21H,2-11H2,1H3/t12-/m0/s1. The number of amides is 1. The summed E-state index contributed by atoms with van der Waals surface area (Å²) < 4.78 is 39.3. The molecule has 2 heterocycles. The Morgan fingerprint density at radius 2 is 2.00 bits per heavy atom. The number of likely N-dealkylation sites (tertiary alicyclic amines) is 1. The highest BCUT2D eigenvalue weighted by atomic mass is 19.4. The molecule has 0 unspecified atom stereocenters. The fourth-order valence-electron chi connectivity index (χ4n) is 3.80. The summed E-state index contributed by atoms with van der Waals surface area (Å²) in [5, 5.41) is 7.09. The van der Waals surface area contributed by atoms with Crippen molar-refractivity contribution in [2.24, 2.45) is 0 Å². The zero-order valence-corrected chi connectivity index (χ0v) is 14.5. The largest absolute Gasteiger partial charge is 0.401 e. The molecular formula is C17H25F3N4O. The summed E-state index contributed by atoms with van der Waals surface area (Å²) in [6.07, 6.45) is 0.622. The molecule has 1 aromatic heterocycles. The number of aromatic nitrogens is 2. The maximum atomic E-state index is 12.9. The van der Waals surface area contributed by atoms with Crippen molar-refractivity contribution in [3.05, 3.63) is 17.0 Å². The predicted octanol–water partition coefficient (Wildman–Crippen LogP) is 2.54. The van der Waals surface area contributed by atoms with Gasteiger partial charge in [0.15, 0.2) is 5.69 Å². The van der Waals surface area contributed by atoms with Gasteiger partial charge in [-0.1, -0.05) is 0 Å². The zero-order chi connectivity index (χ0) is 18.0. The molecule has 2 aliphatic rings. The van der Waals surface area contributed by atoms with E-state index in [9.17, 15) is 18.0 Å². The number of nitrogens with one attached hydrogen (secondary N) is 1. The van der Waals surface area contributed by atoms with E-state index >= 15 is 0 Å². The number of fused-ring (bicyclic) bond motifs is 1. The van der Waals surface area contributed by atoms with Gasteiger partial charge in [-0.05, 0) is 45.4 Å². The molecule has 3 rings (SSSR count). The van der Waals surface area contributed by atoms with Crippen LogP contribution in [0.15, 0.2) is 0 Å². The van der Waals surface area contributed by atoms with Crippen LogP contribution in [-0.2, 0) is 19.4 Å². The van der Waals surface area contributed by atoms with Crippen LogP contribution in [0.4, 0.5) is 13.2 Å². The molecule has 1 saturated heterocycles. The molecule has 0 saturated carbocycles. The van der Waals surface area contributed by atoms with Crippen LogP contribution in [0.1, 0.15) is 54.4 Å². The molecule has 1 fully saturated rings. The molecule has 0 aromatic carbocycles. The molecule has 140 valence electrons. The second-order valence-corrected chi connectivity index (χ2v) is 6.88. The number of alkyl halides is 3. The maximum Gasteiger partial charge on any atom is 0.401 e. The minimum Gasteiger partial charge on any atom is -0.337 e. The van der Waals surface area contributed by atoms with Gasteiger partial charge in [-0.3, -0.25) is 9.48 Å². The summed E-state index contributed by atoms with van der Waals surface area (Å²) in [6, 6.07) is -0.267. The van der Waals surface area contributed by atoms with Crippen LogP contribution in [0.5, 0.6) is 0 Å². The van der Waals surface area contributed by atoms with E-state index in [1.807, 2.05) is 16.5 Å². The molecule has 1 N–H and O–H groups in total. The number of rotatable bonds is 4. The predicted molar refractivity (Wildman–Crippen MR) is 87.5 cm³/mol. The SMILES string of the molecule is CCn1nc(C(=O)N2CCCCC2)c2c1CC[C@H](NCC(F)(F)F)C2. The number of nitrogens with zero attached hydrogens (tertiary/aromatic N) is 3. The molecule has 0 bridgehead atoms. The van der Waals surface area contributed by atoms with Gasteiger partial charge in [0, 0.05) is 36.9 Å². The average molecular weight is 358 g/mol. The summed E-state index contributed by atoms with van der Waals surface area (Å²) in [4.78, 5) is 14.7. The highest BCUT2D eigenvalue weighted by molar-refractivity contribution is 5.94. The Morgan fingerprint density at radius 3 is 2.64 bits per heavy atom. The van der Waals surface area contributed by atoms with Crippen LogP contribution in [0, 0.1) is 0 Å². The first-order chi connectivity index (χ1) is 11.9. The van der Waals surface area contributed by atoms with E-state index in [2.05, 4.69) is 10.4 Å². The second kappa shape index (κ2) is 7.35. The number of halogens is 3. The van der Waals surface area contributed by atoms with Crippen molar-refractivity contribution >= 4 is 5.91 Å². The number of aryl methyl sites for hydroxylation is 1. The van der Waals surface area contributed by atoms with Crippen LogP contribution in [0.25, 0.3) is 0 Å². The fraction of sp³-hybridized carbons (Fsp3) is 0.765. The molecule has 8 heteroatoms. The van der Waals surface area contributed by atoms with Crippen molar-refractivity contribution in [1.29, 1.82) is 0 Å². The number of carbonyl (C=O) groups excluding carboxylic acids is 1. The van der Waals surface area contributed by atoms with E-state index in [0.717, 1.165) is 43.6 Å². The van der Waals surface area contributed by atoms with E-state index in [-0.39, 0.29) is 11.9 Å². The van der Waals surface area contributed by atoms with Gasteiger partial charge in [-0.15, -0.1) is 0 Å². The quantitative estimate of drug-likeness (QED) is 0.900. The minimum absolute atomic E-state index is 0.0698. The highest BCUT2D eigenvalue weighted by Crippen LogP contribution is 2.27. The van der Waals surface area contributed by atoms with Crippen LogP contribution in [-0.4, -0.2) is 52.4 Å². The number of carbonyl (C=O) groups is 1. The Kier molecular flexibility index (Phi) is 5.36. The summed E-state index contributed by atoms with van der Waals surface area (Å²) in [6.45, 7) is 3.11. The zero-order valence-electron chi connectivity index (χ0n) is 14.5. The Balaban J connectivity index is 1.79. The van der Waals surface area contributed by atoms with Crippen molar-refractivity contribution in [3.8, 4) is 0 Å². The van der Waals surface area contributed by atoms with Crippen molar-refractivity contribution in [3.63, 3.8) is 0 Å². The third kappa shape index (κ3) is 4.16. The van der Waals surface area contributed by atoms with Gasteiger partial charge in [0.2, 0.25) is 0 Å². The first kappa shape index (κ1) is 18.2. The third-order valence-electron chi connectivity index (χ3n) is 5.08. The van der Waals surface area contributed by atoms with E-state index in [4.69, 9.17) is 0 Å². The lowest BCUT2D eigenvalue weighted by atomic mass is 9.91. The molecule has 0 spiro atoms. The molecule has 0 radical (unpaired) electrons. The highest BCUT2D eigenvalue weighted by Gasteiger charge is 2.33. The van der Waals surface area contributed by atoms with Gasteiger partial charge in [-0.2, -0.15) is 18.3 Å². The van der Waals surface area contributed by atoms with Gasteiger partial charge in [0.1, 0.15) is 0 Å². The second-order valence-electron chi connectivity index (χ2n) is 6.88. The topological polar surface area (TPSA) is 50.2 Å². The molecular weight excluding hydrogens is 333 g/mol. The van der Waals surface area contributed by atoms with Crippen LogP contribution in [0.2, 0.25) is 0 Å². The molecule has 25 heavy (non-hydrogen) atoms. The first-order valence-electron chi connectivity index (χ1n) is 9.07. The average Bonchev–Trinajstić information content (AvgIpc) is 2.97. The molecule has 1 aliphatic heterocycles. The van der Waals surface area contributed by atoms with Gasteiger partial charge in [-0.25, -0.2) is 0 Å². The Hall–Kier alpha value is -1.57. The first-order valence-corrected chi connectivity index (χ1v) is 9.07.